The topological polar surface area (TPSA) is 40.5 Å². The van der Waals surface area contributed by atoms with Gasteiger partial charge in [0.25, 0.3) is 0 Å². The molecule has 0 fully saturated rings. The molecule has 0 rings (SSSR count). The summed E-state index contributed by atoms with van der Waals surface area (Å²) in [5, 5.41) is 17.7. The molecule has 0 bridgehead atoms. The van der Waals surface area contributed by atoms with Gasteiger partial charge in [-0.25, -0.2) is 0 Å². The molecule has 0 aromatic heterocycles. The summed E-state index contributed by atoms with van der Waals surface area (Å²) in [6.45, 7) is 4.12. The van der Waals surface area contributed by atoms with E-state index in [1.54, 1.807) is 0 Å². The second-order valence-electron chi connectivity index (χ2n) is 2.75. The van der Waals surface area contributed by atoms with E-state index in [4.69, 9.17) is 10.0 Å². The van der Waals surface area contributed by atoms with Crippen LogP contribution in [0.4, 0.5) is 0 Å². The van der Waals surface area contributed by atoms with Crippen molar-refractivity contribution in [1.29, 1.82) is 0 Å². The van der Waals surface area contributed by atoms with Gasteiger partial charge in [-0.05, 0) is 5.82 Å². The van der Waals surface area contributed by atoms with Crippen LogP contribution in [0.1, 0.15) is 39.5 Å². The van der Waals surface area contributed by atoms with Crippen molar-refractivity contribution in [3.8, 4) is 0 Å². The lowest BCUT2D eigenvalue weighted by Gasteiger charge is -2.12. The summed E-state index contributed by atoms with van der Waals surface area (Å²) < 4.78 is 0. The van der Waals surface area contributed by atoms with Gasteiger partial charge >= 0.3 is 7.12 Å². The first-order valence-electron chi connectivity index (χ1n) is 4.08. The highest BCUT2D eigenvalue weighted by atomic mass is 16.4. The Morgan fingerprint density at radius 2 is 1.50 bits per heavy atom. The van der Waals surface area contributed by atoms with Crippen LogP contribution in [0.2, 0.25) is 5.82 Å². The summed E-state index contributed by atoms with van der Waals surface area (Å²) >= 11 is 0. The van der Waals surface area contributed by atoms with Crippen molar-refractivity contribution in [3.05, 3.63) is 0 Å². The SMILES string of the molecule is CCCC(CCC)B(O)O. The first kappa shape index (κ1) is 9.98. The van der Waals surface area contributed by atoms with Gasteiger partial charge in [-0.15, -0.1) is 0 Å². The summed E-state index contributed by atoms with van der Waals surface area (Å²) in [5.41, 5.74) is 0. The smallest absolute Gasteiger partial charge is 0.427 e. The zero-order valence-corrected chi connectivity index (χ0v) is 6.88. The predicted molar refractivity (Wildman–Crippen MR) is 43.8 cm³/mol. The Labute approximate surface area is 63.4 Å². The third-order valence-electron chi connectivity index (χ3n) is 1.74. The van der Waals surface area contributed by atoms with E-state index >= 15 is 0 Å². The summed E-state index contributed by atoms with van der Waals surface area (Å²) in [4.78, 5) is 0. The summed E-state index contributed by atoms with van der Waals surface area (Å²) in [6, 6.07) is 0. The van der Waals surface area contributed by atoms with Gasteiger partial charge in [0, 0.05) is 0 Å². The van der Waals surface area contributed by atoms with Gasteiger partial charge in [0.1, 0.15) is 0 Å². The van der Waals surface area contributed by atoms with Crippen LogP contribution in [0.15, 0.2) is 0 Å². The van der Waals surface area contributed by atoms with Crippen LogP contribution >= 0.6 is 0 Å². The Kier molecular flexibility index (Phi) is 5.74. The van der Waals surface area contributed by atoms with E-state index in [2.05, 4.69) is 13.8 Å². The standard InChI is InChI=1S/C7H17BO2/c1-3-5-7(6-4-2)8(9)10/h7,9-10H,3-6H2,1-2H3. The highest BCUT2D eigenvalue weighted by Gasteiger charge is 2.20. The Balaban J connectivity index is 3.50. The zero-order chi connectivity index (χ0) is 7.98. The average molecular weight is 144 g/mol. The third kappa shape index (κ3) is 3.91. The molecule has 0 saturated carbocycles. The van der Waals surface area contributed by atoms with Crippen LogP contribution in [0, 0.1) is 0 Å². The molecule has 0 aliphatic rings. The molecule has 0 spiro atoms. The average Bonchev–Trinajstić information content (AvgIpc) is 1.87. The number of hydrogen-bond acceptors (Lipinski definition) is 2. The van der Waals surface area contributed by atoms with Gasteiger partial charge in [0.05, 0.1) is 0 Å². The first-order valence-corrected chi connectivity index (χ1v) is 4.08. The van der Waals surface area contributed by atoms with E-state index in [0.29, 0.717) is 0 Å². The minimum Gasteiger partial charge on any atom is -0.427 e. The second-order valence-corrected chi connectivity index (χ2v) is 2.75. The molecule has 0 amide bonds. The van der Waals surface area contributed by atoms with E-state index < -0.39 is 7.12 Å². The molecule has 2 nitrogen and oxygen atoms in total. The Hall–Kier alpha value is -0.0151. The quantitative estimate of drug-likeness (QED) is 0.573. The van der Waals surface area contributed by atoms with Gasteiger partial charge in [-0.3, -0.25) is 0 Å². The zero-order valence-electron chi connectivity index (χ0n) is 6.88. The molecule has 0 aliphatic heterocycles. The van der Waals surface area contributed by atoms with Crippen LogP contribution in [-0.4, -0.2) is 17.2 Å². The summed E-state index contributed by atoms with van der Waals surface area (Å²) in [5.74, 6) is 0.0926. The van der Waals surface area contributed by atoms with Crippen LogP contribution in [0.5, 0.6) is 0 Å². The fraction of sp³-hybridized carbons (Fsp3) is 1.00. The second kappa shape index (κ2) is 5.75. The summed E-state index contributed by atoms with van der Waals surface area (Å²) in [6.07, 6.45) is 3.90. The molecule has 0 aromatic rings. The molecular formula is C7H17BO2. The van der Waals surface area contributed by atoms with Crippen LogP contribution in [0.25, 0.3) is 0 Å². The maximum Gasteiger partial charge on any atom is 0.454 e. The first-order chi connectivity index (χ1) is 4.72. The van der Waals surface area contributed by atoms with Crippen LogP contribution in [0.3, 0.4) is 0 Å². The lowest BCUT2D eigenvalue weighted by Crippen LogP contribution is -2.19. The Morgan fingerprint density at radius 1 is 1.10 bits per heavy atom. The Morgan fingerprint density at radius 3 is 1.70 bits per heavy atom. The molecule has 2 N–H and O–H groups in total. The van der Waals surface area contributed by atoms with E-state index in [9.17, 15) is 0 Å². The van der Waals surface area contributed by atoms with Gasteiger partial charge in [0.15, 0.2) is 0 Å². The number of rotatable bonds is 5. The van der Waals surface area contributed by atoms with Crippen molar-refractivity contribution in [2.24, 2.45) is 0 Å². The molecule has 3 heteroatoms. The molecule has 0 aromatic carbocycles. The number of hydrogen-bond donors (Lipinski definition) is 2. The van der Waals surface area contributed by atoms with Crippen LogP contribution in [-0.2, 0) is 0 Å². The predicted octanol–water partition coefficient (Wildman–Crippen LogP) is 1.43. The van der Waals surface area contributed by atoms with Crippen molar-refractivity contribution in [2.75, 3.05) is 0 Å². The van der Waals surface area contributed by atoms with Gasteiger partial charge < -0.3 is 10.0 Å². The van der Waals surface area contributed by atoms with Gasteiger partial charge in [-0.1, -0.05) is 39.5 Å². The highest BCUT2D eigenvalue weighted by Crippen LogP contribution is 2.20. The molecule has 0 atom stereocenters. The molecular weight excluding hydrogens is 127 g/mol. The van der Waals surface area contributed by atoms with Crippen molar-refractivity contribution < 1.29 is 10.0 Å². The molecule has 10 heavy (non-hydrogen) atoms. The monoisotopic (exact) mass is 144 g/mol. The van der Waals surface area contributed by atoms with E-state index in [-0.39, 0.29) is 5.82 Å². The molecule has 0 unspecified atom stereocenters. The molecule has 0 heterocycles. The minimum atomic E-state index is -1.11. The maximum absolute atomic E-state index is 8.83. The normalized spacial score (nSPS) is 10.5. The Bertz CT molecular complexity index is 70.0. The lowest BCUT2D eigenvalue weighted by atomic mass is 9.68. The van der Waals surface area contributed by atoms with Crippen molar-refractivity contribution in [2.45, 2.75) is 45.3 Å². The summed E-state index contributed by atoms with van der Waals surface area (Å²) in [7, 11) is -1.11. The minimum absolute atomic E-state index is 0.0926. The van der Waals surface area contributed by atoms with Crippen LogP contribution < -0.4 is 0 Å². The fourth-order valence-corrected chi connectivity index (χ4v) is 1.18. The van der Waals surface area contributed by atoms with Crippen molar-refractivity contribution in [3.63, 3.8) is 0 Å². The lowest BCUT2D eigenvalue weighted by molar-refractivity contribution is 0.371. The van der Waals surface area contributed by atoms with Crippen molar-refractivity contribution in [1.82, 2.24) is 0 Å². The molecule has 60 valence electrons. The maximum atomic E-state index is 8.83. The molecule has 0 aliphatic carbocycles. The van der Waals surface area contributed by atoms with Gasteiger partial charge in [0.2, 0.25) is 0 Å². The van der Waals surface area contributed by atoms with Crippen molar-refractivity contribution >= 4 is 7.12 Å². The fourth-order valence-electron chi connectivity index (χ4n) is 1.18. The third-order valence-corrected chi connectivity index (χ3v) is 1.74. The van der Waals surface area contributed by atoms with Gasteiger partial charge in [-0.2, -0.15) is 0 Å². The highest BCUT2D eigenvalue weighted by molar-refractivity contribution is 6.43. The van der Waals surface area contributed by atoms with E-state index in [0.717, 1.165) is 25.7 Å². The van der Waals surface area contributed by atoms with E-state index in [1.807, 2.05) is 0 Å². The molecule has 0 radical (unpaired) electrons. The van der Waals surface area contributed by atoms with E-state index in [1.165, 1.54) is 0 Å². The largest absolute Gasteiger partial charge is 0.454 e. The molecule has 0 saturated heterocycles.